The maximum atomic E-state index is 11.1. The van der Waals surface area contributed by atoms with Crippen LogP contribution in [-0.4, -0.2) is 11.2 Å². The van der Waals surface area contributed by atoms with E-state index >= 15 is 0 Å². The van der Waals surface area contributed by atoms with Crippen LogP contribution in [-0.2, 0) is 6.61 Å². The van der Waals surface area contributed by atoms with E-state index in [1.165, 1.54) is 6.07 Å². The van der Waals surface area contributed by atoms with Gasteiger partial charge in [0.05, 0.1) is 15.0 Å². The van der Waals surface area contributed by atoms with Gasteiger partial charge < -0.3 is 4.74 Å². The van der Waals surface area contributed by atoms with Crippen LogP contribution in [0.5, 0.6) is 5.75 Å². The molecule has 6 heteroatoms. The lowest BCUT2D eigenvalue weighted by Gasteiger charge is -2.09. The summed E-state index contributed by atoms with van der Waals surface area (Å²) >= 11 is 3.21. The van der Waals surface area contributed by atoms with Crippen molar-refractivity contribution in [2.75, 3.05) is 0 Å². The minimum Gasteiger partial charge on any atom is -0.481 e. The molecule has 0 fully saturated rings. The third-order valence-electron chi connectivity index (χ3n) is 2.65. The highest BCUT2D eigenvalue weighted by atomic mass is 79.9. The number of nitrogens with zero attached hydrogens (tertiary/aromatic N) is 1. The lowest BCUT2D eigenvalue weighted by Crippen LogP contribution is -2.02. The van der Waals surface area contributed by atoms with Gasteiger partial charge in [0.1, 0.15) is 6.61 Å². The fraction of sp³-hybridized carbons (Fsp3) is 0.0714. The summed E-state index contributed by atoms with van der Waals surface area (Å²) < 4.78 is 5.95. The fourth-order valence-electron chi connectivity index (χ4n) is 1.71. The predicted molar refractivity (Wildman–Crippen MR) is 77.0 cm³/mol. The quantitative estimate of drug-likeness (QED) is 0.474. The molecule has 2 rings (SSSR count). The minimum atomic E-state index is -0.616. The van der Waals surface area contributed by atoms with E-state index in [4.69, 9.17) is 4.74 Å². The number of rotatable bonds is 5. The first kappa shape index (κ1) is 14.2. The first-order valence-corrected chi connectivity index (χ1v) is 6.51. The Morgan fingerprint density at radius 3 is 2.50 bits per heavy atom. The molecule has 0 aromatic heterocycles. The lowest BCUT2D eigenvalue weighted by molar-refractivity contribution is -0.386. The van der Waals surface area contributed by atoms with E-state index in [1.807, 2.05) is 30.3 Å². The van der Waals surface area contributed by atoms with Crippen LogP contribution in [0.25, 0.3) is 0 Å². The van der Waals surface area contributed by atoms with E-state index < -0.39 is 4.92 Å². The monoisotopic (exact) mass is 335 g/mol. The van der Waals surface area contributed by atoms with Crippen molar-refractivity contribution in [3.05, 3.63) is 68.2 Å². The number of ether oxygens (including phenoxy) is 1. The first-order chi connectivity index (χ1) is 9.63. The number of carbonyl (C=O) groups excluding carboxylic acids is 1. The van der Waals surface area contributed by atoms with Crippen molar-refractivity contribution in [2.45, 2.75) is 6.61 Å². The van der Waals surface area contributed by atoms with Gasteiger partial charge in [0.2, 0.25) is 5.75 Å². The maximum Gasteiger partial charge on any atom is 0.322 e. The number of benzene rings is 2. The summed E-state index contributed by atoms with van der Waals surface area (Å²) in [5.74, 6) is 0.0588. The summed E-state index contributed by atoms with van der Waals surface area (Å²) in [6, 6.07) is 12.2. The van der Waals surface area contributed by atoms with Crippen molar-refractivity contribution >= 4 is 27.9 Å². The van der Waals surface area contributed by atoms with Crippen molar-refractivity contribution in [1.29, 1.82) is 0 Å². The number of carbonyl (C=O) groups is 1. The lowest BCUT2D eigenvalue weighted by atomic mass is 10.2. The molecule has 2 aromatic rings. The zero-order valence-corrected chi connectivity index (χ0v) is 11.9. The molecule has 0 spiro atoms. The molecule has 5 nitrogen and oxygen atoms in total. The summed E-state index contributed by atoms with van der Waals surface area (Å²) in [7, 11) is 0. The molecule has 0 atom stereocenters. The second-order valence-corrected chi connectivity index (χ2v) is 4.82. The standard InChI is InChI=1S/C14H10BrNO4/c15-12-7-6-11(8-17)13(16(18)19)14(12)20-9-10-4-2-1-3-5-10/h1-8H,9H2. The molecule has 2 aromatic carbocycles. The number of nitro benzene ring substituents is 1. The van der Waals surface area contributed by atoms with Gasteiger partial charge in [-0.1, -0.05) is 30.3 Å². The number of aldehydes is 1. The van der Waals surface area contributed by atoms with Crippen LogP contribution in [0.2, 0.25) is 0 Å². The third-order valence-corrected chi connectivity index (χ3v) is 3.27. The Morgan fingerprint density at radius 1 is 1.20 bits per heavy atom. The van der Waals surface area contributed by atoms with E-state index in [1.54, 1.807) is 6.07 Å². The average molecular weight is 336 g/mol. The number of nitro groups is 1. The van der Waals surface area contributed by atoms with Gasteiger partial charge in [-0.15, -0.1) is 0 Å². The van der Waals surface area contributed by atoms with Gasteiger partial charge in [0.15, 0.2) is 6.29 Å². The van der Waals surface area contributed by atoms with Gasteiger partial charge >= 0.3 is 5.69 Å². The maximum absolute atomic E-state index is 11.1. The van der Waals surface area contributed by atoms with Crippen LogP contribution in [0.4, 0.5) is 5.69 Å². The van der Waals surface area contributed by atoms with Gasteiger partial charge in [0.25, 0.3) is 0 Å². The van der Waals surface area contributed by atoms with Crippen LogP contribution in [0.1, 0.15) is 15.9 Å². The van der Waals surface area contributed by atoms with Crippen LogP contribution in [0, 0.1) is 10.1 Å². The summed E-state index contributed by atoms with van der Waals surface area (Å²) in [5.41, 5.74) is 0.539. The Kier molecular flexibility index (Phi) is 4.47. The zero-order chi connectivity index (χ0) is 14.5. The molecule has 102 valence electrons. The molecular weight excluding hydrogens is 326 g/mol. The van der Waals surface area contributed by atoms with E-state index in [2.05, 4.69) is 15.9 Å². The van der Waals surface area contributed by atoms with Gasteiger partial charge in [-0.25, -0.2) is 0 Å². The molecule has 0 aliphatic carbocycles. The normalized spacial score (nSPS) is 10.1. The fourth-order valence-corrected chi connectivity index (χ4v) is 2.15. The van der Waals surface area contributed by atoms with Gasteiger partial charge in [-0.3, -0.25) is 14.9 Å². The topological polar surface area (TPSA) is 69.4 Å². The van der Waals surface area contributed by atoms with Crippen molar-refractivity contribution in [1.82, 2.24) is 0 Å². The zero-order valence-electron chi connectivity index (χ0n) is 10.3. The molecule has 0 amide bonds. The van der Waals surface area contributed by atoms with Gasteiger partial charge in [-0.2, -0.15) is 0 Å². The largest absolute Gasteiger partial charge is 0.481 e. The van der Waals surface area contributed by atoms with Crippen LogP contribution < -0.4 is 4.74 Å². The highest BCUT2D eigenvalue weighted by Crippen LogP contribution is 2.37. The second kappa shape index (κ2) is 6.29. The minimum absolute atomic E-state index is 0.0127. The Balaban J connectivity index is 2.35. The molecule has 0 saturated heterocycles. The van der Waals surface area contributed by atoms with Crippen molar-refractivity contribution in [3.63, 3.8) is 0 Å². The number of halogens is 1. The highest BCUT2D eigenvalue weighted by molar-refractivity contribution is 9.10. The third kappa shape index (κ3) is 3.03. The summed E-state index contributed by atoms with van der Waals surface area (Å²) in [6.07, 6.45) is 0.444. The predicted octanol–water partition coefficient (Wildman–Crippen LogP) is 3.75. The highest BCUT2D eigenvalue weighted by Gasteiger charge is 2.23. The Bertz CT molecular complexity index is 643. The summed E-state index contributed by atoms with van der Waals surface area (Å²) in [4.78, 5) is 21.4. The molecule has 20 heavy (non-hydrogen) atoms. The number of hydrogen-bond donors (Lipinski definition) is 0. The average Bonchev–Trinajstić information content (AvgIpc) is 2.46. The van der Waals surface area contributed by atoms with Crippen molar-refractivity contribution in [3.8, 4) is 5.75 Å². The molecule has 0 N–H and O–H groups in total. The second-order valence-electron chi connectivity index (χ2n) is 3.96. The van der Waals surface area contributed by atoms with Gasteiger partial charge in [0, 0.05) is 0 Å². The Labute approximate surface area is 123 Å². The summed E-state index contributed by atoms with van der Waals surface area (Å²) in [6.45, 7) is 0.183. The molecule has 0 heterocycles. The first-order valence-electron chi connectivity index (χ1n) is 5.72. The van der Waals surface area contributed by atoms with Crippen LogP contribution in [0.3, 0.4) is 0 Å². The van der Waals surface area contributed by atoms with Crippen LogP contribution in [0.15, 0.2) is 46.9 Å². The van der Waals surface area contributed by atoms with Crippen LogP contribution >= 0.6 is 15.9 Å². The van der Waals surface area contributed by atoms with E-state index in [0.29, 0.717) is 10.8 Å². The molecule has 0 bridgehead atoms. The Hall–Kier alpha value is -2.21. The smallest absolute Gasteiger partial charge is 0.322 e. The van der Waals surface area contributed by atoms with Crippen molar-refractivity contribution < 1.29 is 14.5 Å². The van der Waals surface area contributed by atoms with Gasteiger partial charge in [-0.05, 0) is 33.6 Å². The molecular formula is C14H10BrNO4. The van der Waals surface area contributed by atoms with E-state index in [0.717, 1.165) is 5.56 Å². The molecule has 0 saturated carbocycles. The number of hydrogen-bond acceptors (Lipinski definition) is 4. The molecule has 0 radical (unpaired) electrons. The van der Waals surface area contributed by atoms with E-state index in [9.17, 15) is 14.9 Å². The SMILES string of the molecule is O=Cc1ccc(Br)c(OCc2ccccc2)c1[N+](=O)[O-]. The molecule has 0 unspecified atom stereocenters. The molecule has 0 aliphatic heterocycles. The Morgan fingerprint density at radius 2 is 1.90 bits per heavy atom. The van der Waals surface area contributed by atoms with Crippen molar-refractivity contribution in [2.24, 2.45) is 0 Å². The van der Waals surface area contributed by atoms with E-state index in [-0.39, 0.29) is 23.6 Å². The molecule has 0 aliphatic rings. The summed E-state index contributed by atoms with van der Waals surface area (Å²) in [5, 5.41) is 11.1.